The molecule has 0 bridgehead atoms. The summed E-state index contributed by atoms with van der Waals surface area (Å²) in [6.45, 7) is 3.61. The Morgan fingerprint density at radius 1 is 1.44 bits per heavy atom. The summed E-state index contributed by atoms with van der Waals surface area (Å²) in [6.07, 6.45) is 0.153. The lowest BCUT2D eigenvalue weighted by molar-refractivity contribution is -0.134. The first kappa shape index (κ1) is 11.1. The minimum Gasteiger partial charge on any atom is -0.433 e. The topological polar surface area (TPSA) is 46.6 Å². The summed E-state index contributed by atoms with van der Waals surface area (Å²) < 4.78 is 4.98. The van der Waals surface area contributed by atoms with Crippen LogP contribution in [0.25, 0.3) is 0 Å². The van der Waals surface area contributed by atoms with Gasteiger partial charge >= 0.3 is 6.09 Å². The van der Waals surface area contributed by atoms with Gasteiger partial charge in [-0.2, -0.15) is 0 Å². The molecule has 1 saturated heterocycles. The number of nitrogens with zero attached hydrogens (tertiary/aromatic N) is 1. The molecule has 0 atom stereocenters. The molecule has 0 unspecified atom stereocenters. The molecule has 0 spiro atoms. The van der Waals surface area contributed by atoms with E-state index in [1.54, 1.807) is 25.2 Å². The minimum absolute atomic E-state index is 0.256. The van der Waals surface area contributed by atoms with Gasteiger partial charge in [0.2, 0.25) is 0 Å². The van der Waals surface area contributed by atoms with Crippen molar-refractivity contribution in [1.29, 1.82) is 0 Å². The average molecular weight is 239 g/mol. The van der Waals surface area contributed by atoms with Gasteiger partial charge in [-0.3, -0.25) is 4.79 Å². The largest absolute Gasteiger partial charge is 0.433 e. The first-order chi connectivity index (χ1) is 7.50. The fraction of sp³-hybridized carbons (Fsp3) is 0.455. The van der Waals surface area contributed by atoms with Crippen molar-refractivity contribution in [2.75, 3.05) is 6.54 Å². The Morgan fingerprint density at radius 3 is 2.69 bits per heavy atom. The molecule has 0 saturated carbocycles. The molecule has 2 heterocycles. The van der Waals surface area contributed by atoms with E-state index in [1.165, 1.54) is 4.90 Å². The van der Waals surface area contributed by atoms with Gasteiger partial charge in [0.05, 0.1) is 0 Å². The normalized spacial score (nSPS) is 19.0. The van der Waals surface area contributed by atoms with Crippen LogP contribution in [0.1, 0.15) is 18.7 Å². The molecule has 1 aromatic rings. The average Bonchev–Trinajstić information content (AvgIpc) is 2.74. The van der Waals surface area contributed by atoms with Crippen molar-refractivity contribution in [1.82, 2.24) is 4.90 Å². The predicted octanol–water partition coefficient (Wildman–Crippen LogP) is 2.05. The minimum atomic E-state index is -1.01. The van der Waals surface area contributed by atoms with Crippen molar-refractivity contribution in [2.45, 2.75) is 25.9 Å². The third-order valence-corrected chi connectivity index (χ3v) is 3.42. The molecular weight excluding hydrogens is 226 g/mol. The number of carbonyl (C=O) groups excluding carboxylic acids is 2. The van der Waals surface area contributed by atoms with Crippen molar-refractivity contribution in [3.05, 3.63) is 22.4 Å². The first-order valence-corrected chi connectivity index (χ1v) is 5.96. The van der Waals surface area contributed by atoms with Crippen LogP contribution < -0.4 is 0 Å². The van der Waals surface area contributed by atoms with E-state index in [9.17, 15) is 9.59 Å². The number of hydrogen-bond donors (Lipinski definition) is 0. The van der Waals surface area contributed by atoms with Crippen LogP contribution in [0, 0.1) is 0 Å². The molecule has 86 valence electrons. The lowest BCUT2D eigenvalue weighted by Gasteiger charge is -2.13. The van der Waals surface area contributed by atoms with Gasteiger partial charge in [-0.1, -0.05) is 6.07 Å². The molecule has 1 aromatic heterocycles. The highest BCUT2D eigenvalue weighted by Gasteiger charge is 2.46. The number of amides is 2. The third-order valence-electron chi connectivity index (χ3n) is 2.48. The lowest BCUT2D eigenvalue weighted by atomic mass is 10.1. The van der Waals surface area contributed by atoms with E-state index >= 15 is 0 Å². The highest BCUT2D eigenvalue weighted by atomic mass is 32.1. The van der Waals surface area contributed by atoms with E-state index in [0.717, 1.165) is 4.88 Å². The van der Waals surface area contributed by atoms with Crippen LogP contribution in [0.2, 0.25) is 0 Å². The van der Waals surface area contributed by atoms with Gasteiger partial charge < -0.3 is 4.74 Å². The number of rotatable bonds is 3. The summed E-state index contributed by atoms with van der Waals surface area (Å²) in [5.74, 6) is -0.256. The third kappa shape index (κ3) is 1.95. The van der Waals surface area contributed by atoms with Crippen LogP contribution in [0.3, 0.4) is 0 Å². The SMILES string of the molecule is CC1(C)OC(=O)N(CCc2cccs2)C1=O. The molecular formula is C11H13NO3S. The van der Waals surface area contributed by atoms with Crippen LogP contribution in [-0.2, 0) is 16.0 Å². The number of imide groups is 1. The summed E-state index contributed by atoms with van der Waals surface area (Å²) in [7, 11) is 0. The van der Waals surface area contributed by atoms with E-state index < -0.39 is 11.7 Å². The van der Waals surface area contributed by atoms with Crippen molar-refractivity contribution in [3.8, 4) is 0 Å². The predicted molar refractivity (Wildman–Crippen MR) is 60.3 cm³/mol. The molecule has 1 fully saturated rings. The molecule has 2 amide bonds. The highest BCUT2D eigenvalue weighted by Crippen LogP contribution is 2.23. The van der Waals surface area contributed by atoms with Gasteiger partial charge in [-0.05, 0) is 25.3 Å². The summed E-state index contributed by atoms with van der Waals surface area (Å²) >= 11 is 1.62. The fourth-order valence-corrected chi connectivity index (χ4v) is 2.29. The van der Waals surface area contributed by atoms with Crippen LogP contribution in [0.15, 0.2) is 17.5 Å². The number of hydrogen-bond acceptors (Lipinski definition) is 4. The summed E-state index contributed by atoms with van der Waals surface area (Å²) in [4.78, 5) is 25.6. The Hall–Kier alpha value is -1.36. The van der Waals surface area contributed by atoms with Gasteiger partial charge in [0.15, 0.2) is 5.60 Å². The van der Waals surface area contributed by atoms with Crippen molar-refractivity contribution in [2.24, 2.45) is 0 Å². The molecule has 1 aliphatic heterocycles. The van der Waals surface area contributed by atoms with Crippen molar-refractivity contribution < 1.29 is 14.3 Å². The zero-order valence-electron chi connectivity index (χ0n) is 9.23. The van der Waals surface area contributed by atoms with Crippen molar-refractivity contribution >= 4 is 23.3 Å². The quantitative estimate of drug-likeness (QED) is 0.811. The fourth-order valence-electron chi connectivity index (χ4n) is 1.59. The molecule has 0 N–H and O–H groups in total. The van der Waals surface area contributed by atoms with Gasteiger partial charge in [0.25, 0.3) is 5.91 Å². The van der Waals surface area contributed by atoms with Gasteiger partial charge in [0.1, 0.15) is 0 Å². The van der Waals surface area contributed by atoms with Gasteiger partial charge in [0, 0.05) is 17.8 Å². The molecule has 2 rings (SSSR count). The van der Waals surface area contributed by atoms with Crippen LogP contribution >= 0.6 is 11.3 Å². The zero-order valence-corrected chi connectivity index (χ0v) is 10.0. The molecule has 0 radical (unpaired) electrons. The van der Waals surface area contributed by atoms with Gasteiger partial charge in [-0.15, -0.1) is 11.3 Å². The Kier molecular flexibility index (Phi) is 2.71. The molecule has 5 heteroatoms. The smallest absolute Gasteiger partial charge is 0.417 e. The lowest BCUT2D eigenvalue weighted by Crippen LogP contribution is -2.37. The second-order valence-electron chi connectivity index (χ2n) is 4.16. The van der Waals surface area contributed by atoms with Crippen molar-refractivity contribution in [3.63, 3.8) is 0 Å². The van der Waals surface area contributed by atoms with Gasteiger partial charge in [-0.25, -0.2) is 9.69 Å². The van der Waals surface area contributed by atoms with Crippen LogP contribution in [0.4, 0.5) is 4.79 Å². The maximum absolute atomic E-state index is 11.8. The summed E-state index contributed by atoms with van der Waals surface area (Å²) in [5, 5.41) is 1.98. The Labute approximate surface area is 97.8 Å². The van der Waals surface area contributed by atoms with E-state index in [0.29, 0.717) is 13.0 Å². The Bertz CT molecular complexity index is 411. The Morgan fingerprint density at radius 2 is 2.19 bits per heavy atom. The Balaban J connectivity index is 2.00. The molecule has 0 aliphatic carbocycles. The van der Waals surface area contributed by atoms with E-state index in [1.807, 2.05) is 17.5 Å². The second kappa shape index (κ2) is 3.90. The number of ether oxygens (including phenoxy) is 1. The highest BCUT2D eigenvalue weighted by molar-refractivity contribution is 7.09. The molecule has 0 aromatic carbocycles. The number of cyclic esters (lactones) is 1. The summed E-state index contributed by atoms with van der Waals surface area (Å²) in [6, 6.07) is 3.94. The van der Waals surface area contributed by atoms with E-state index in [4.69, 9.17) is 4.74 Å². The number of carbonyl (C=O) groups is 2. The molecule has 1 aliphatic rings. The first-order valence-electron chi connectivity index (χ1n) is 5.08. The molecule has 4 nitrogen and oxygen atoms in total. The van der Waals surface area contributed by atoms with Crippen LogP contribution in [0.5, 0.6) is 0 Å². The monoisotopic (exact) mass is 239 g/mol. The van der Waals surface area contributed by atoms with Crippen LogP contribution in [-0.4, -0.2) is 29.0 Å². The standard InChI is InChI=1S/C11H13NO3S/c1-11(2)9(13)12(10(14)15-11)6-5-8-4-3-7-16-8/h3-4,7H,5-6H2,1-2H3. The van der Waals surface area contributed by atoms with E-state index in [2.05, 4.69) is 0 Å². The maximum Gasteiger partial charge on any atom is 0.417 e. The molecule has 16 heavy (non-hydrogen) atoms. The number of thiophene rings is 1. The summed E-state index contributed by atoms with van der Waals surface area (Å²) in [5.41, 5.74) is -1.01. The second-order valence-corrected chi connectivity index (χ2v) is 5.20. The maximum atomic E-state index is 11.8. The van der Waals surface area contributed by atoms with E-state index in [-0.39, 0.29) is 5.91 Å². The zero-order chi connectivity index (χ0) is 11.8.